The Hall–Kier alpha value is -2.10. The predicted molar refractivity (Wildman–Crippen MR) is 58.1 cm³/mol. The molecule has 2 aromatic rings. The zero-order valence-electron chi connectivity index (χ0n) is 8.55. The number of hydrogen-bond donors (Lipinski definition) is 1. The third kappa shape index (κ3) is 1.23. The first-order valence-electron chi connectivity index (χ1n) is 5.10. The summed E-state index contributed by atoms with van der Waals surface area (Å²) in [6.45, 7) is 0.730. The molecular formula is C12H10N2O2. The minimum Gasteiger partial charge on any atom is -0.481 e. The Morgan fingerprint density at radius 1 is 1.44 bits per heavy atom. The molecule has 0 atom stereocenters. The molecule has 0 spiro atoms. The fourth-order valence-corrected chi connectivity index (χ4v) is 2.15. The summed E-state index contributed by atoms with van der Waals surface area (Å²) in [5.41, 5.74) is 3.08. The van der Waals surface area contributed by atoms with E-state index in [0.717, 1.165) is 23.6 Å². The standard InChI is InChI=1S/C12H10N2O2/c15-11(16)5-9-6-13-12-10-4-2-1-3-8(10)7-14(9)12/h1-4,6H,5,7H2,(H,15,16). The van der Waals surface area contributed by atoms with Crippen molar-refractivity contribution in [2.24, 2.45) is 0 Å². The lowest BCUT2D eigenvalue weighted by Crippen LogP contribution is -2.06. The van der Waals surface area contributed by atoms with Crippen LogP contribution in [0.25, 0.3) is 11.4 Å². The van der Waals surface area contributed by atoms with E-state index in [0.29, 0.717) is 0 Å². The van der Waals surface area contributed by atoms with Gasteiger partial charge in [-0.05, 0) is 5.56 Å². The van der Waals surface area contributed by atoms with E-state index in [1.807, 2.05) is 22.8 Å². The highest BCUT2D eigenvalue weighted by molar-refractivity contribution is 5.71. The van der Waals surface area contributed by atoms with Crippen LogP contribution in [-0.2, 0) is 17.8 Å². The molecule has 1 aliphatic rings. The minimum absolute atomic E-state index is 0.0288. The van der Waals surface area contributed by atoms with E-state index in [2.05, 4.69) is 11.1 Å². The molecule has 0 amide bonds. The largest absolute Gasteiger partial charge is 0.481 e. The van der Waals surface area contributed by atoms with Crippen molar-refractivity contribution in [1.29, 1.82) is 0 Å². The highest BCUT2D eigenvalue weighted by atomic mass is 16.4. The van der Waals surface area contributed by atoms with Crippen molar-refractivity contribution in [2.75, 3.05) is 0 Å². The van der Waals surface area contributed by atoms with E-state index in [-0.39, 0.29) is 6.42 Å². The quantitative estimate of drug-likeness (QED) is 0.704. The smallest absolute Gasteiger partial charge is 0.309 e. The maximum absolute atomic E-state index is 10.7. The van der Waals surface area contributed by atoms with Gasteiger partial charge in [0.2, 0.25) is 0 Å². The number of carboxylic acid groups (broad SMARTS) is 1. The summed E-state index contributed by atoms with van der Waals surface area (Å²) in [7, 11) is 0. The number of carboxylic acids is 1. The van der Waals surface area contributed by atoms with Gasteiger partial charge < -0.3 is 9.67 Å². The van der Waals surface area contributed by atoms with Crippen molar-refractivity contribution >= 4 is 5.97 Å². The molecule has 1 aromatic carbocycles. The van der Waals surface area contributed by atoms with Crippen molar-refractivity contribution < 1.29 is 9.90 Å². The molecule has 16 heavy (non-hydrogen) atoms. The Balaban J connectivity index is 2.08. The molecule has 0 saturated heterocycles. The molecule has 0 fully saturated rings. The lowest BCUT2D eigenvalue weighted by molar-refractivity contribution is -0.136. The number of hydrogen-bond acceptors (Lipinski definition) is 2. The van der Waals surface area contributed by atoms with Gasteiger partial charge in [-0.2, -0.15) is 0 Å². The molecule has 4 nitrogen and oxygen atoms in total. The molecule has 1 aliphatic heterocycles. The number of aromatic nitrogens is 2. The van der Waals surface area contributed by atoms with Crippen molar-refractivity contribution in [2.45, 2.75) is 13.0 Å². The molecule has 0 radical (unpaired) electrons. The number of carbonyl (C=O) groups is 1. The van der Waals surface area contributed by atoms with Crippen LogP contribution in [0.1, 0.15) is 11.3 Å². The van der Waals surface area contributed by atoms with Crippen LogP contribution in [-0.4, -0.2) is 20.6 Å². The zero-order chi connectivity index (χ0) is 11.1. The first-order chi connectivity index (χ1) is 7.75. The molecule has 4 heteroatoms. The molecule has 3 rings (SSSR count). The molecule has 0 saturated carbocycles. The van der Waals surface area contributed by atoms with E-state index in [4.69, 9.17) is 5.11 Å². The van der Waals surface area contributed by atoms with Crippen molar-refractivity contribution in [3.8, 4) is 11.4 Å². The van der Waals surface area contributed by atoms with E-state index >= 15 is 0 Å². The van der Waals surface area contributed by atoms with Gasteiger partial charge in [-0.15, -0.1) is 0 Å². The van der Waals surface area contributed by atoms with Crippen molar-refractivity contribution in [3.05, 3.63) is 41.7 Å². The molecular weight excluding hydrogens is 204 g/mol. The second kappa shape index (κ2) is 3.20. The summed E-state index contributed by atoms with van der Waals surface area (Å²) < 4.78 is 1.97. The van der Waals surface area contributed by atoms with Gasteiger partial charge in [0.25, 0.3) is 0 Å². The number of imidazole rings is 1. The highest BCUT2D eigenvalue weighted by Gasteiger charge is 2.22. The van der Waals surface area contributed by atoms with E-state index in [1.165, 1.54) is 5.56 Å². The molecule has 1 N–H and O–H groups in total. The molecule has 0 unspecified atom stereocenters. The Bertz CT molecular complexity index is 572. The van der Waals surface area contributed by atoms with Crippen molar-refractivity contribution in [1.82, 2.24) is 9.55 Å². The average molecular weight is 214 g/mol. The molecule has 80 valence electrons. The van der Waals surface area contributed by atoms with Gasteiger partial charge in [0.1, 0.15) is 5.82 Å². The van der Waals surface area contributed by atoms with E-state index in [1.54, 1.807) is 6.20 Å². The Morgan fingerprint density at radius 2 is 2.25 bits per heavy atom. The van der Waals surface area contributed by atoms with Crippen LogP contribution in [0.5, 0.6) is 0 Å². The topological polar surface area (TPSA) is 55.1 Å². The second-order valence-electron chi connectivity index (χ2n) is 3.89. The third-order valence-corrected chi connectivity index (χ3v) is 2.86. The zero-order valence-corrected chi connectivity index (χ0v) is 8.55. The lowest BCUT2D eigenvalue weighted by Gasteiger charge is -2.01. The first kappa shape index (κ1) is 9.15. The molecule has 0 bridgehead atoms. The average Bonchev–Trinajstić information content (AvgIpc) is 2.78. The van der Waals surface area contributed by atoms with Crippen molar-refractivity contribution in [3.63, 3.8) is 0 Å². The fraction of sp³-hybridized carbons (Fsp3) is 0.167. The van der Waals surface area contributed by atoms with Crippen LogP contribution in [0.3, 0.4) is 0 Å². The summed E-state index contributed by atoms with van der Waals surface area (Å²) in [6.07, 6.45) is 1.68. The number of fused-ring (bicyclic) bond motifs is 3. The molecule has 2 heterocycles. The number of aliphatic carboxylic acids is 1. The van der Waals surface area contributed by atoms with E-state index < -0.39 is 5.97 Å². The van der Waals surface area contributed by atoms with Crippen LogP contribution < -0.4 is 0 Å². The van der Waals surface area contributed by atoms with Crippen LogP contribution in [0.15, 0.2) is 30.5 Å². The van der Waals surface area contributed by atoms with Gasteiger partial charge in [-0.3, -0.25) is 4.79 Å². The third-order valence-electron chi connectivity index (χ3n) is 2.86. The number of benzene rings is 1. The molecule has 0 aliphatic carbocycles. The summed E-state index contributed by atoms with van der Waals surface area (Å²) in [5.74, 6) is 0.0607. The maximum atomic E-state index is 10.7. The fourth-order valence-electron chi connectivity index (χ4n) is 2.15. The predicted octanol–water partition coefficient (Wildman–Crippen LogP) is 1.54. The van der Waals surface area contributed by atoms with Gasteiger partial charge in [0, 0.05) is 17.5 Å². The molecule has 1 aromatic heterocycles. The first-order valence-corrected chi connectivity index (χ1v) is 5.10. The van der Waals surface area contributed by atoms with Crippen LogP contribution in [0.2, 0.25) is 0 Å². The summed E-state index contributed by atoms with van der Waals surface area (Å²) in [4.78, 5) is 15.0. The number of rotatable bonds is 2. The summed E-state index contributed by atoms with van der Waals surface area (Å²) in [5, 5.41) is 8.79. The summed E-state index contributed by atoms with van der Waals surface area (Å²) >= 11 is 0. The second-order valence-corrected chi connectivity index (χ2v) is 3.89. The Morgan fingerprint density at radius 3 is 3.06 bits per heavy atom. The van der Waals surface area contributed by atoms with Gasteiger partial charge >= 0.3 is 5.97 Å². The van der Waals surface area contributed by atoms with Gasteiger partial charge in [0.05, 0.1) is 13.0 Å². The lowest BCUT2D eigenvalue weighted by atomic mass is 10.1. The van der Waals surface area contributed by atoms with Crippen LogP contribution in [0, 0.1) is 0 Å². The summed E-state index contributed by atoms with van der Waals surface area (Å²) in [6, 6.07) is 8.03. The maximum Gasteiger partial charge on any atom is 0.309 e. The monoisotopic (exact) mass is 214 g/mol. The Kier molecular flexibility index (Phi) is 1.83. The van der Waals surface area contributed by atoms with Gasteiger partial charge in [0.15, 0.2) is 0 Å². The van der Waals surface area contributed by atoms with E-state index in [9.17, 15) is 4.79 Å². The van der Waals surface area contributed by atoms with Crippen LogP contribution >= 0.6 is 0 Å². The minimum atomic E-state index is -0.821. The van der Waals surface area contributed by atoms with Gasteiger partial charge in [-0.1, -0.05) is 24.3 Å². The Labute approximate surface area is 92.2 Å². The number of nitrogens with zero attached hydrogens (tertiary/aromatic N) is 2. The van der Waals surface area contributed by atoms with Gasteiger partial charge in [-0.25, -0.2) is 4.98 Å². The normalized spacial score (nSPS) is 12.2. The SMILES string of the molecule is O=C(O)Cc1cnc2n1Cc1ccccc1-2. The van der Waals surface area contributed by atoms with Crippen LogP contribution in [0.4, 0.5) is 0 Å². The highest BCUT2D eigenvalue weighted by Crippen LogP contribution is 2.31.